The van der Waals surface area contributed by atoms with Crippen molar-refractivity contribution < 1.29 is 13.5 Å². The summed E-state index contributed by atoms with van der Waals surface area (Å²) < 4.78 is 32.9. The van der Waals surface area contributed by atoms with E-state index in [0.717, 1.165) is 19.3 Å². The summed E-state index contributed by atoms with van der Waals surface area (Å²) in [6.07, 6.45) is 2.93. The van der Waals surface area contributed by atoms with Gasteiger partial charge in [-0.05, 0) is 31.4 Å². The molecule has 19 heavy (non-hydrogen) atoms. The summed E-state index contributed by atoms with van der Waals surface area (Å²) in [6.45, 7) is 0.451. The number of halogens is 2. The first kappa shape index (κ1) is 14.1. The molecule has 0 unspecified atom stereocenters. The number of ether oxygens (including phenoxy) is 1. The molecule has 0 saturated heterocycles. The fraction of sp³-hybridized carbons (Fsp3) is 0.462. The molecule has 1 fully saturated rings. The predicted octanol–water partition coefficient (Wildman–Crippen LogP) is 2.58. The quantitative estimate of drug-likeness (QED) is 0.817. The normalized spacial score (nSPS) is 16.8. The van der Waals surface area contributed by atoms with Crippen LogP contribution >= 0.6 is 12.2 Å². The first-order valence-electron chi connectivity index (χ1n) is 6.06. The van der Waals surface area contributed by atoms with Crippen molar-refractivity contribution in [3.05, 3.63) is 29.3 Å². The van der Waals surface area contributed by atoms with E-state index >= 15 is 0 Å². The van der Waals surface area contributed by atoms with Gasteiger partial charge in [0.1, 0.15) is 4.99 Å². The Hall–Kier alpha value is -1.27. The average Bonchev–Trinajstić information content (AvgIpc) is 2.33. The van der Waals surface area contributed by atoms with Crippen LogP contribution in [0.2, 0.25) is 0 Å². The van der Waals surface area contributed by atoms with Gasteiger partial charge >= 0.3 is 0 Å². The molecule has 0 bridgehead atoms. The second kappa shape index (κ2) is 5.38. The van der Waals surface area contributed by atoms with Crippen LogP contribution in [0.1, 0.15) is 24.8 Å². The van der Waals surface area contributed by atoms with Gasteiger partial charge in [-0.3, -0.25) is 0 Å². The van der Waals surface area contributed by atoms with Gasteiger partial charge in [0.05, 0.1) is 11.3 Å². The highest BCUT2D eigenvalue weighted by Crippen LogP contribution is 2.35. The molecular weight excluding hydrogens is 270 g/mol. The lowest BCUT2D eigenvalue weighted by Gasteiger charge is -2.40. The fourth-order valence-corrected chi connectivity index (χ4v) is 2.31. The van der Waals surface area contributed by atoms with Gasteiger partial charge in [-0.25, -0.2) is 8.78 Å². The summed E-state index contributed by atoms with van der Waals surface area (Å²) in [5.74, 6) is -1.98. The van der Waals surface area contributed by atoms with Crippen molar-refractivity contribution in [1.29, 1.82) is 0 Å². The highest BCUT2D eigenvalue weighted by molar-refractivity contribution is 7.80. The number of benzene rings is 1. The van der Waals surface area contributed by atoms with E-state index in [1.807, 2.05) is 0 Å². The number of anilines is 1. The Labute approximate surface area is 116 Å². The summed E-state index contributed by atoms with van der Waals surface area (Å²) in [7, 11) is 1.63. The van der Waals surface area contributed by atoms with Gasteiger partial charge in [0.15, 0.2) is 11.6 Å². The number of thiocarbonyl (C=S) groups is 1. The molecule has 0 radical (unpaired) electrons. The highest BCUT2D eigenvalue weighted by Gasteiger charge is 2.36. The molecule has 0 aliphatic heterocycles. The third kappa shape index (κ3) is 2.69. The minimum atomic E-state index is -1.02. The Kier molecular flexibility index (Phi) is 4.01. The number of methoxy groups -OCH3 is 1. The van der Waals surface area contributed by atoms with Crippen LogP contribution in [0.3, 0.4) is 0 Å². The number of nitrogens with one attached hydrogen (secondary N) is 1. The van der Waals surface area contributed by atoms with Crippen LogP contribution in [0.25, 0.3) is 0 Å². The Morgan fingerprint density at radius 1 is 1.42 bits per heavy atom. The van der Waals surface area contributed by atoms with Crippen LogP contribution in [-0.2, 0) is 4.74 Å². The summed E-state index contributed by atoms with van der Waals surface area (Å²) in [4.78, 5) is -0.157. The molecule has 3 N–H and O–H groups in total. The van der Waals surface area contributed by atoms with Crippen LogP contribution < -0.4 is 11.1 Å². The molecule has 1 aromatic carbocycles. The number of nitrogens with two attached hydrogens (primary N) is 1. The topological polar surface area (TPSA) is 47.3 Å². The van der Waals surface area contributed by atoms with E-state index in [2.05, 4.69) is 17.5 Å². The number of rotatable bonds is 5. The number of hydrogen-bond acceptors (Lipinski definition) is 3. The van der Waals surface area contributed by atoms with Gasteiger partial charge in [0.25, 0.3) is 0 Å². The highest BCUT2D eigenvalue weighted by atomic mass is 32.1. The molecular formula is C13H16F2N2OS. The maximum Gasteiger partial charge on any atom is 0.182 e. The van der Waals surface area contributed by atoms with Gasteiger partial charge in [-0.2, -0.15) is 0 Å². The molecule has 1 aromatic rings. The minimum Gasteiger partial charge on any atom is -0.389 e. The van der Waals surface area contributed by atoms with E-state index in [0.29, 0.717) is 6.54 Å². The Morgan fingerprint density at radius 3 is 2.58 bits per heavy atom. The lowest BCUT2D eigenvalue weighted by Crippen LogP contribution is -2.45. The van der Waals surface area contributed by atoms with Gasteiger partial charge in [-0.1, -0.05) is 12.2 Å². The molecule has 2 rings (SSSR count). The summed E-state index contributed by atoms with van der Waals surface area (Å²) >= 11 is 4.65. The zero-order chi connectivity index (χ0) is 14.0. The summed E-state index contributed by atoms with van der Waals surface area (Å²) in [6, 6.07) is 2.82. The summed E-state index contributed by atoms with van der Waals surface area (Å²) in [5, 5.41) is 2.89. The third-order valence-electron chi connectivity index (χ3n) is 3.65. The lowest BCUT2D eigenvalue weighted by molar-refractivity contribution is -0.0601. The van der Waals surface area contributed by atoms with Crippen LogP contribution in [0.4, 0.5) is 14.5 Å². The van der Waals surface area contributed by atoms with E-state index in [1.54, 1.807) is 7.11 Å². The predicted molar refractivity (Wildman–Crippen MR) is 74.3 cm³/mol. The van der Waals surface area contributed by atoms with Crippen molar-refractivity contribution in [2.45, 2.75) is 24.9 Å². The van der Waals surface area contributed by atoms with Crippen LogP contribution in [0.15, 0.2) is 12.1 Å². The first-order chi connectivity index (χ1) is 8.99. The zero-order valence-corrected chi connectivity index (χ0v) is 11.4. The van der Waals surface area contributed by atoms with Crippen LogP contribution in [0, 0.1) is 11.6 Å². The van der Waals surface area contributed by atoms with Gasteiger partial charge < -0.3 is 15.8 Å². The minimum absolute atomic E-state index is 0.0804. The molecule has 0 atom stereocenters. The van der Waals surface area contributed by atoms with Crippen molar-refractivity contribution >= 4 is 22.9 Å². The largest absolute Gasteiger partial charge is 0.389 e. The SMILES string of the molecule is COC1(CNc2ccc(C(N)=S)c(F)c2F)CCC1. The maximum absolute atomic E-state index is 13.8. The summed E-state index contributed by atoms with van der Waals surface area (Å²) in [5.41, 5.74) is 5.07. The van der Waals surface area contributed by atoms with Gasteiger partial charge in [0, 0.05) is 19.2 Å². The van der Waals surface area contributed by atoms with Crippen molar-refractivity contribution in [2.75, 3.05) is 19.0 Å². The van der Waals surface area contributed by atoms with Crippen molar-refractivity contribution in [3.8, 4) is 0 Å². The first-order valence-corrected chi connectivity index (χ1v) is 6.47. The molecule has 0 heterocycles. The smallest absolute Gasteiger partial charge is 0.182 e. The van der Waals surface area contributed by atoms with E-state index in [1.165, 1.54) is 12.1 Å². The average molecular weight is 286 g/mol. The molecule has 1 aliphatic rings. The Bertz CT molecular complexity index is 498. The van der Waals surface area contributed by atoms with Crippen LogP contribution in [0.5, 0.6) is 0 Å². The second-order valence-corrected chi connectivity index (χ2v) is 5.19. The standard InChI is InChI=1S/C13H16F2N2OS/c1-18-13(5-2-6-13)7-17-9-4-3-8(12(16)19)10(14)11(9)15/h3-4,17H,2,5-7H2,1H3,(H2,16,19). The van der Waals surface area contributed by atoms with E-state index in [4.69, 9.17) is 10.5 Å². The third-order valence-corrected chi connectivity index (χ3v) is 3.87. The Balaban J connectivity index is 2.13. The molecule has 6 heteroatoms. The van der Waals surface area contributed by atoms with Crippen molar-refractivity contribution in [3.63, 3.8) is 0 Å². The molecule has 0 amide bonds. The lowest BCUT2D eigenvalue weighted by atomic mass is 9.80. The van der Waals surface area contributed by atoms with Crippen molar-refractivity contribution in [1.82, 2.24) is 0 Å². The molecule has 3 nitrogen and oxygen atoms in total. The van der Waals surface area contributed by atoms with Crippen molar-refractivity contribution in [2.24, 2.45) is 5.73 Å². The molecule has 0 aromatic heterocycles. The zero-order valence-electron chi connectivity index (χ0n) is 10.6. The van der Waals surface area contributed by atoms with E-state index < -0.39 is 11.6 Å². The van der Waals surface area contributed by atoms with Gasteiger partial charge in [0.2, 0.25) is 0 Å². The van der Waals surface area contributed by atoms with Crippen LogP contribution in [-0.4, -0.2) is 24.2 Å². The van der Waals surface area contributed by atoms with E-state index in [-0.39, 0.29) is 21.8 Å². The number of hydrogen-bond donors (Lipinski definition) is 2. The monoisotopic (exact) mass is 286 g/mol. The Morgan fingerprint density at radius 2 is 2.11 bits per heavy atom. The molecule has 104 valence electrons. The maximum atomic E-state index is 13.8. The second-order valence-electron chi connectivity index (χ2n) is 4.75. The molecule has 1 aliphatic carbocycles. The van der Waals surface area contributed by atoms with Gasteiger partial charge in [-0.15, -0.1) is 0 Å². The van der Waals surface area contributed by atoms with E-state index in [9.17, 15) is 8.78 Å². The molecule has 1 saturated carbocycles. The fourth-order valence-electron chi connectivity index (χ4n) is 2.16. The molecule has 0 spiro atoms.